The second-order valence-electron chi connectivity index (χ2n) is 11.9. The van der Waals surface area contributed by atoms with Gasteiger partial charge in [0.05, 0.1) is 12.0 Å². The minimum absolute atomic E-state index is 0.218. The Morgan fingerprint density at radius 1 is 0.895 bits per heavy atom. The predicted molar refractivity (Wildman–Crippen MR) is 153 cm³/mol. The summed E-state index contributed by atoms with van der Waals surface area (Å²) in [5.74, 6) is 0.852. The van der Waals surface area contributed by atoms with Crippen LogP contribution in [-0.2, 0) is 10.2 Å². The first-order valence-corrected chi connectivity index (χ1v) is 14.7. The average molecular weight is 525 g/mol. The lowest BCUT2D eigenvalue weighted by Gasteiger charge is -2.43. The Labute approximate surface area is 229 Å². The molecule has 3 N–H and O–H groups in total. The molecule has 0 radical (unpaired) electrons. The molecular formula is C33H48O5. The van der Waals surface area contributed by atoms with E-state index in [4.69, 9.17) is 4.74 Å². The number of hydrogen-bond acceptors (Lipinski definition) is 4. The summed E-state index contributed by atoms with van der Waals surface area (Å²) < 4.78 is 6.12. The van der Waals surface area contributed by atoms with Crippen LogP contribution in [0.3, 0.4) is 0 Å². The highest BCUT2D eigenvalue weighted by molar-refractivity contribution is 5.74. The van der Waals surface area contributed by atoms with Crippen LogP contribution in [0.25, 0.3) is 0 Å². The molecular weight excluding hydrogens is 476 g/mol. The fraction of sp³-hybridized carbons (Fsp3) is 0.606. The van der Waals surface area contributed by atoms with Crippen molar-refractivity contribution < 1.29 is 24.9 Å². The summed E-state index contributed by atoms with van der Waals surface area (Å²) in [4.78, 5) is 11.9. The van der Waals surface area contributed by atoms with Crippen LogP contribution in [0.5, 0.6) is 17.2 Å². The third-order valence-corrected chi connectivity index (χ3v) is 8.77. The smallest absolute Gasteiger partial charge is 0.309 e. The number of ether oxygens (including phenoxy) is 1. The molecule has 0 fully saturated rings. The Balaban J connectivity index is 1.50. The number of unbranched alkanes of at least 4 members (excludes halogenated alkanes) is 8. The van der Waals surface area contributed by atoms with E-state index in [0.717, 1.165) is 87.5 Å². The SMILES string of the molecule is CCCCCCC(C)(CCCCCCCCC1c2ccc(O)cc2OCC1(C)c1ccc(O)cc1)C(=O)O. The van der Waals surface area contributed by atoms with Gasteiger partial charge in [-0.2, -0.15) is 0 Å². The molecule has 5 heteroatoms. The fourth-order valence-corrected chi connectivity index (χ4v) is 6.06. The summed E-state index contributed by atoms with van der Waals surface area (Å²) >= 11 is 0. The van der Waals surface area contributed by atoms with Crippen molar-refractivity contribution in [3.8, 4) is 17.2 Å². The highest BCUT2D eigenvalue weighted by atomic mass is 16.5. The minimum atomic E-state index is -0.643. The molecule has 0 saturated heterocycles. The second-order valence-corrected chi connectivity index (χ2v) is 11.9. The van der Waals surface area contributed by atoms with Gasteiger partial charge in [0.1, 0.15) is 17.2 Å². The number of carboxylic acid groups (broad SMARTS) is 1. The zero-order chi connectivity index (χ0) is 27.6. The Hall–Kier alpha value is -2.69. The first kappa shape index (κ1) is 29.9. The largest absolute Gasteiger partial charge is 0.508 e. The third-order valence-electron chi connectivity index (χ3n) is 8.77. The zero-order valence-electron chi connectivity index (χ0n) is 23.7. The number of rotatable bonds is 16. The van der Waals surface area contributed by atoms with Gasteiger partial charge in [0.2, 0.25) is 0 Å². The first-order valence-electron chi connectivity index (χ1n) is 14.7. The standard InChI is InChI=1S/C33H48O5/c1-4-5-6-12-21-32(2,31(36)37)22-13-10-8-7-9-11-14-29-28-20-19-27(35)23-30(28)38-24-33(29,3)25-15-17-26(34)18-16-25/h15-20,23,29,34-35H,4-14,21-22,24H2,1-3H3,(H,36,37). The van der Waals surface area contributed by atoms with E-state index in [0.29, 0.717) is 6.61 Å². The quantitative estimate of drug-likeness (QED) is 0.191. The van der Waals surface area contributed by atoms with E-state index in [-0.39, 0.29) is 22.8 Å². The topological polar surface area (TPSA) is 87.0 Å². The molecule has 0 aliphatic carbocycles. The normalized spacial score (nSPS) is 20.3. The first-order chi connectivity index (χ1) is 18.2. The number of hydrogen-bond donors (Lipinski definition) is 3. The minimum Gasteiger partial charge on any atom is -0.508 e. The van der Waals surface area contributed by atoms with Crippen molar-refractivity contribution in [3.63, 3.8) is 0 Å². The van der Waals surface area contributed by atoms with Crippen molar-refractivity contribution in [1.82, 2.24) is 0 Å². The van der Waals surface area contributed by atoms with Gasteiger partial charge in [-0.15, -0.1) is 0 Å². The maximum atomic E-state index is 11.9. The number of aliphatic carboxylic acids is 1. The number of phenols is 2. The summed E-state index contributed by atoms with van der Waals surface area (Å²) in [6, 6.07) is 12.9. The van der Waals surface area contributed by atoms with Gasteiger partial charge >= 0.3 is 5.97 Å². The van der Waals surface area contributed by atoms with Crippen LogP contribution >= 0.6 is 0 Å². The zero-order valence-corrected chi connectivity index (χ0v) is 23.7. The van der Waals surface area contributed by atoms with Gasteiger partial charge in [-0.25, -0.2) is 0 Å². The maximum absolute atomic E-state index is 11.9. The molecule has 1 aliphatic heterocycles. The Morgan fingerprint density at radius 3 is 2.11 bits per heavy atom. The summed E-state index contributed by atoms with van der Waals surface area (Å²) in [6.07, 6.45) is 13.7. The van der Waals surface area contributed by atoms with Gasteiger partial charge in [-0.1, -0.05) is 96.3 Å². The summed E-state index contributed by atoms with van der Waals surface area (Å²) in [5.41, 5.74) is 1.47. The Morgan fingerprint density at radius 2 is 1.47 bits per heavy atom. The predicted octanol–water partition coefficient (Wildman–Crippen LogP) is 8.71. The lowest BCUT2D eigenvalue weighted by Crippen LogP contribution is -2.40. The number of fused-ring (bicyclic) bond motifs is 1. The molecule has 3 rings (SSSR count). The van der Waals surface area contributed by atoms with E-state index in [1.807, 2.05) is 25.1 Å². The van der Waals surface area contributed by atoms with Crippen molar-refractivity contribution in [2.24, 2.45) is 5.41 Å². The van der Waals surface area contributed by atoms with Crippen LogP contribution in [0.4, 0.5) is 0 Å². The van der Waals surface area contributed by atoms with Crippen LogP contribution in [0.1, 0.15) is 121 Å². The summed E-state index contributed by atoms with van der Waals surface area (Å²) in [5, 5.41) is 29.5. The van der Waals surface area contributed by atoms with Crippen LogP contribution in [-0.4, -0.2) is 27.9 Å². The van der Waals surface area contributed by atoms with Crippen molar-refractivity contribution in [1.29, 1.82) is 0 Å². The van der Waals surface area contributed by atoms with Crippen LogP contribution in [0, 0.1) is 5.41 Å². The molecule has 2 aromatic carbocycles. The summed E-state index contributed by atoms with van der Waals surface area (Å²) in [6.45, 7) is 6.87. The highest BCUT2D eigenvalue weighted by Crippen LogP contribution is 2.49. The summed E-state index contributed by atoms with van der Waals surface area (Å²) in [7, 11) is 0. The molecule has 0 spiro atoms. The molecule has 1 heterocycles. The molecule has 1 aliphatic rings. The molecule has 0 amide bonds. The van der Waals surface area contributed by atoms with Gasteiger partial charge < -0.3 is 20.1 Å². The molecule has 38 heavy (non-hydrogen) atoms. The Kier molecular flexibility index (Phi) is 10.9. The molecule has 0 aromatic heterocycles. The second kappa shape index (κ2) is 13.9. The van der Waals surface area contributed by atoms with Gasteiger partial charge in [0, 0.05) is 17.4 Å². The monoisotopic (exact) mass is 524 g/mol. The third kappa shape index (κ3) is 7.68. The van der Waals surface area contributed by atoms with Gasteiger partial charge in [0.15, 0.2) is 0 Å². The van der Waals surface area contributed by atoms with E-state index in [9.17, 15) is 20.1 Å². The maximum Gasteiger partial charge on any atom is 0.309 e. The van der Waals surface area contributed by atoms with Gasteiger partial charge in [-0.05, 0) is 55.5 Å². The van der Waals surface area contributed by atoms with Gasteiger partial charge in [-0.3, -0.25) is 4.79 Å². The van der Waals surface area contributed by atoms with Crippen LogP contribution in [0.2, 0.25) is 0 Å². The molecule has 2 aromatic rings. The van der Waals surface area contributed by atoms with E-state index in [2.05, 4.69) is 13.8 Å². The number of carboxylic acids is 1. The van der Waals surface area contributed by atoms with E-state index >= 15 is 0 Å². The molecule has 0 saturated carbocycles. The van der Waals surface area contributed by atoms with Crippen LogP contribution in [0.15, 0.2) is 42.5 Å². The Bertz CT molecular complexity index is 1020. The van der Waals surface area contributed by atoms with E-state index < -0.39 is 11.4 Å². The van der Waals surface area contributed by atoms with Gasteiger partial charge in [0.25, 0.3) is 0 Å². The lowest BCUT2D eigenvalue weighted by atomic mass is 9.66. The highest BCUT2D eigenvalue weighted by Gasteiger charge is 2.42. The lowest BCUT2D eigenvalue weighted by molar-refractivity contribution is -0.149. The number of carbonyl (C=O) groups is 1. The molecule has 5 nitrogen and oxygen atoms in total. The molecule has 210 valence electrons. The van der Waals surface area contributed by atoms with E-state index in [1.165, 1.54) is 12.8 Å². The molecule has 3 unspecified atom stereocenters. The van der Waals surface area contributed by atoms with Crippen molar-refractivity contribution in [3.05, 3.63) is 53.6 Å². The van der Waals surface area contributed by atoms with Crippen molar-refractivity contribution >= 4 is 5.97 Å². The van der Waals surface area contributed by atoms with Crippen LogP contribution < -0.4 is 4.74 Å². The number of phenolic OH excluding ortho intramolecular Hbond substituents is 2. The number of aromatic hydroxyl groups is 2. The molecule has 3 atom stereocenters. The fourth-order valence-electron chi connectivity index (χ4n) is 6.06. The average Bonchev–Trinajstić information content (AvgIpc) is 2.89. The molecule has 0 bridgehead atoms. The van der Waals surface area contributed by atoms with E-state index in [1.54, 1.807) is 24.3 Å². The van der Waals surface area contributed by atoms with Crippen molar-refractivity contribution in [2.45, 2.75) is 116 Å². The number of benzene rings is 2. The van der Waals surface area contributed by atoms with Crippen molar-refractivity contribution in [2.75, 3.05) is 6.61 Å².